The second-order valence-corrected chi connectivity index (χ2v) is 28.6. The molecule has 3 N–H and O–H groups in total. The van der Waals surface area contributed by atoms with Gasteiger partial charge in [-0.05, 0) is 49.4 Å². The van der Waals surface area contributed by atoms with Crippen LogP contribution in [0, 0.1) is 23.7 Å². The van der Waals surface area contributed by atoms with E-state index in [-0.39, 0.29) is 25.7 Å². The monoisotopic (exact) mass is 1270 g/mol. The Kier molecular flexibility index (Phi) is 55.7. The Balaban J connectivity index is 5.27. The predicted octanol–water partition coefficient (Wildman–Crippen LogP) is 18.5. The summed E-state index contributed by atoms with van der Waals surface area (Å²) in [4.78, 5) is 72.4. The summed E-state index contributed by atoms with van der Waals surface area (Å²) in [5, 5.41) is 10.6. The van der Waals surface area contributed by atoms with Gasteiger partial charge < -0.3 is 33.8 Å². The fraction of sp³-hybridized carbons (Fsp3) is 0.940. The molecule has 0 rings (SSSR count). The highest BCUT2D eigenvalue weighted by atomic mass is 31.2. The lowest BCUT2D eigenvalue weighted by atomic mass is 9.99. The minimum Gasteiger partial charge on any atom is -0.462 e. The van der Waals surface area contributed by atoms with Gasteiger partial charge in [0.05, 0.1) is 26.4 Å². The molecule has 0 aromatic carbocycles. The number of esters is 4. The Labute approximate surface area is 524 Å². The summed E-state index contributed by atoms with van der Waals surface area (Å²) in [6.45, 7) is 14.0. The molecule has 0 fully saturated rings. The number of unbranched alkanes of at least 4 members (excludes halogenated alkanes) is 28. The highest BCUT2D eigenvalue weighted by Crippen LogP contribution is 2.45. The van der Waals surface area contributed by atoms with Crippen molar-refractivity contribution in [2.45, 2.75) is 343 Å². The molecule has 0 aliphatic carbocycles. The molecule has 0 radical (unpaired) electrons. The van der Waals surface area contributed by atoms with Crippen LogP contribution in [0.3, 0.4) is 0 Å². The van der Waals surface area contributed by atoms with Crippen LogP contribution in [0.25, 0.3) is 0 Å². The fourth-order valence-electron chi connectivity index (χ4n) is 9.89. The van der Waals surface area contributed by atoms with Gasteiger partial charge >= 0.3 is 39.5 Å². The summed E-state index contributed by atoms with van der Waals surface area (Å²) in [5.41, 5.74) is 0. The Bertz CT molecular complexity index is 1720. The zero-order chi connectivity index (χ0) is 63.9. The molecule has 7 atom stereocenters. The fourth-order valence-corrected chi connectivity index (χ4v) is 11.5. The van der Waals surface area contributed by atoms with Crippen LogP contribution in [-0.2, 0) is 65.4 Å². The van der Waals surface area contributed by atoms with Crippen LogP contribution in [0.4, 0.5) is 0 Å². The summed E-state index contributed by atoms with van der Waals surface area (Å²) in [6, 6.07) is 0. The van der Waals surface area contributed by atoms with Gasteiger partial charge in [0.25, 0.3) is 0 Å². The van der Waals surface area contributed by atoms with Crippen molar-refractivity contribution in [3.63, 3.8) is 0 Å². The number of phosphoric acid groups is 2. The van der Waals surface area contributed by atoms with Crippen LogP contribution in [0.5, 0.6) is 0 Å². The molecule has 0 saturated carbocycles. The van der Waals surface area contributed by atoms with Gasteiger partial charge in [0.2, 0.25) is 0 Å². The highest BCUT2D eigenvalue weighted by Gasteiger charge is 2.30. The maximum Gasteiger partial charge on any atom is 0.472 e. The smallest absolute Gasteiger partial charge is 0.462 e. The third-order valence-corrected chi connectivity index (χ3v) is 17.9. The molecule has 510 valence electrons. The topological polar surface area (TPSA) is 237 Å². The van der Waals surface area contributed by atoms with Crippen molar-refractivity contribution in [2.75, 3.05) is 39.6 Å². The maximum absolute atomic E-state index is 13.0. The van der Waals surface area contributed by atoms with Gasteiger partial charge in [-0.2, -0.15) is 0 Å². The number of phosphoric ester groups is 2. The summed E-state index contributed by atoms with van der Waals surface area (Å²) in [7, 11) is -9.90. The molecule has 0 saturated heterocycles. The van der Waals surface area contributed by atoms with E-state index in [4.69, 9.17) is 37.0 Å². The van der Waals surface area contributed by atoms with Crippen molar-refractivity contribution in [2.24, 2.45) is 23.7 Å². The van der Waals surface area contributed by atoms with Crippen LogP contribution in [0.1, 0.15) is 325 Å². The maximum atomic E-state index is 13.0. The zero-order valence-electron chi connectivity index (χ0n) is 55.9. The van der Waals surface area contributed by atoms with Crippen molar-refractivity contribution >= 4 is 39.5 Å². The first-order valence-corrected chi connectivity index (χ1v) is 37.8. The predicted molar refractivity (Wildman–Crippen MR) is 344 cm³/mol. The van der Waals surface area contributed by atoms with Crippen LogP contribution >= 0.6 is 15.6 Å². The number of hydrogen-bond donors (Lipinski definition) is 3. The van der Waals surface area contributed by atoms with Gasteiger partial charge in [-0.3, -0.25) is 37.3 Å². The van der Waals surface area contributed by atoms with Crippen molar-refractivity contribution < 1.29 is 80.2 Å². The van der Waals surface area contributed by atoms with E-state index in [1.54, 1.807) is 0 Å². The van der Waals surface area contributed by atoms with Crippen LogP contribution < -0.4 is 0 Å². The quantitative estimate of drug-likeness (QED) is 0.0222. The molecule has 0 aromatic rings. The highest BCUT2D eigenvalue weighted by molar-refractivity contribution is 7.47. The lowest BCUT2D eigenvalue weighted by Gasteiger charge is -2.21. The summed E-state index contributed by atoms with van der Waals surface area (Å²) in [5.74, 6) is 0.842. The van der Waals surface area contributed by atoms with Crippen molar-refractivity contribution in [3.05, 3.63) is 0 Å². The summed E-state index contributed by atoms with van der Waals surface area (Å²) in [6.07, 6.45) is 37.6. The third kappa shape index (κ3) is 58.4. The molecule has 0 aromatic heterocycles. The van der Waals surface area contributed by atoms with Gasteiger partial charge in [0, 0.05) is 25.7 Å². The number of ether oxygens (including phenoxy) is 4. The number of carbonyl (C=O) groups excluding carboxylic acids is 4. The second kappa shape index (κ2) is 57.0. The molecule has 0 bridgehead atoms. The molecular formula is C67H130O17P2. The Morgan fingerprint density at radius 1 is 0.326 bits per heavy atom. The first-order valence-electron chi connectivity index (χ1n) is 34.8. The number of carbonyl (C=O) groups is 4. The van der Waals surface area contributed by atoms with Crippen molar-refractivity contribution in [3.8, 4) is 0 Å². The molecule has 0 aliphatic rings. The van der Waals surface area contributed by atoms with Crippen molar-refractivity contribution in [1.29, 1.82) is 0 Å². The average Bonchev–Trinajstić information content (AvgIpc) is 3.69. The van der Waals surface area contributed by atoms with Crippen LogP contribution in [0.15, 0.2) is 0 Å². The average molecular weight is 1270 g/mol. The molecule has 17 nitrogen and oxygen atoms in total. The lowest BCUT2D eigenvalue weighted by molar-refractivity contribution is -0.161. The van der Waals surface area contributed by atoms with Gasteiger partial charge in [-0.1, -0.05) is 274 Å². The Morgan fingerprint density at radius 3 is 0.826 bits per heavy atom. The molecular weight excluding hydrogens is 1140 g/mol. The van der Waals surface area contributed by atoms with Crippen LogP contribution in [0.2, 0.25) is 0 Å². The van der Waals surface area contributed by atoms with Crippen LogP contribution in [-0.4, -0.2) is 96.7 Å². The molecule has 86 heavy (non-hydrogen) atoms. The van der Waals surface area contributed by atoms with E-state index in [2.05, 4.69) is 55.4 Å². The lowest BCUT2D eigenvalue weighted by Crippen LogP contribution is -2.30. The van der Waals surface area contributed by atoms with E-state index >= 15 is 0 Å². The molecule has 0 heterocycles. The normalized spacial score (nSPS) is 15.0. The molecule has 4 unspecified atom stereocenters. The number of rotatable bonds is 64. The van der Waals surface area contributed by atoms with Crippen molar-refractivity contribution in [1.82, 2.24) is 0 Å². The Morgan fingerprint density at radius 2 is 0.558 bits per heavy atom. The number of aliphatic hydroxyl groups excluding tert-OH is 1. The zero-order valence-corrected chi connectivity index (χ0v) is 57.7. The minimum atomic E-state index is -4.95. The van der Waals surface area contributed by atoms with Gasteiger partial charge in [0.15, 0.2) is 12.2 Å². The van der Waals surface area contributed by atoms with Gasteiger partial charge in [0.1, 0.15) is 19.3 Å². The van der Waals surface area contributed by atoms with E-state index in [0.717, 1.165) is 120 Å². The summed E-state index contributed by atoms with van der Waals surface area (Å²) < 4.78 is 68.1. The number of hydrogen-bond acceptors (Lipinski definition) is 15. The largest absolute Gasteiger partial charge is 0.472 e. The van der Waals surface area contributed by atoms with Gasteiger partial charge in [-0.25, -0.2) is 9.13 Å². The first kappa shape index (κ1) is 84.1. The third-order valence-electron chi connectivity index (χ3n) is 16.0. The molecule has 0 aliphatic heterocycles. The molecule has 0 amide bonds. The van der Waals surface area contributed by atoms with E-state index in [1.807, 2.05) is 0 Å². The number of aliphatic hydroxyl groups is 1. The second-order valence-electron chi connectivity index (χ2n) is 25.6. The standard InChI is InChI=1S/C67H130O17P2/c1-9-59(7)45-37-29-21-13-11-12-14-23-33-41-49-66(71)83-63(54-78-65(70)48-40-32-26-25-30-38-46-60(8)10-2)56-82-86(75,76)80-52-61(68)51-79-85(73,74)81-55-62(84-67(72)50-42-34-24-18-16-20-28-36-44-58(5)6)53-77-64(69)47-39-31-22-17-15-19-27-35-43-57(3)4/h57-63,68H,9-56H2,1-8H3,(H,73,74)(H,75,76)/t59?,60?,61-,62-,63-/m1/s1. The SMILES string of the molecule is CCC(C)CCCCCCCCCCCCC(=O)O[C@H](COC(=O)CCCCCCCCC(C)CC)COP(=O)(O)OC[C@H](O)COP(=O)(O)OC[C@@H](COC(=O)CCCCCCCCCCC(C)C)OC(=O)CCCCCCCCCCC(C)C. The van der Waals surface area contributed by atoms with E-state index in [1.165, 1.54) is 122 Å². The van der Waals surface area contributed by atoms with E-state index < -0.39 is 97.5 Å². The summed E-state index contributed by atoms with van der Waals surface area (Å²) >= 11 is 0. The Hall–Kier alpha value is -1.94. The first-order chi connectivity index (χ1) is 41.2. The molecule has 19 heteroatoms. The molecule has 0 spiro atoms. The van der Waals surface area contributed by atoms with E-state index in [9.17, 15) is 43.2 Å². The minimum absolute atomic E-state index is 0.103. The van der Waals surface area contributed by atoms with E-state index in [0.29, 0.717) is 25.7 Å². The van der Waals surface area contributed by atoms with Gasteiger partial charge in [-0.15, -0.1) is 0 Å².